The Morgan fingerprint density at radius 3 is 2.53 bits per heavy atom. The van der Waals surface area contributed by atoms with Crippen LogP contribution in [0.4, 0.5) is 0 Å². The summed E-state index contributed by atoms with van der Waals surface area (Å²) < 4.78 is 16.0. The van der Waals surface area contributed by atoms with Gasteiger partial charge >= 0.3 is 17.9 Å². The molecule has 178 valence electrons. The molecule has 1 heterocycles. The number of hydrogen-bond acceptors (Lipinski definition) is 8. The maximum atomic E-state index is 12.3. The van der Waals surface area contributed by atoms with Crippen LogP contribution in [0, 0.1) is 5.92 Å². The summed E-state index contributed by atoms with van der Waals surface area (Å²) in [5, 5.41) is 22.4. The third kappa shape index (κ3) is 6.53. The summed E-state index contributed by atoms with van der Waals surface area (Å²) in [6, 6.07) is 0. The molecule has 0 spiro atoms. The van der Waals surface area contributed by atoms with Crippen LogP contribution in [0.3, 0.4) is 0 Å². The summed E-state index contributed by atoms with van der Waals surface area (Å²) in [7, 11) is 0. The van der Waals surface area contributed by atoms with E-state index in [1.807, 2.05) is 19.1 Å². The normalized spacial score (nSPS) is 32.1. The first kappa shape index (κ1) is 25.8. The van der Waals surface area contributed by atoms with Gasteiger partial charge in [0.05, 0.1) is 0 Å². The maximum absolute atomic E-state index is 12.3. The van der Waals surface area contributed by atoms with Crippen molar-refractivity contribution in [2.75, 3.05) is 6.61 Å². The topological polar surface area (TPSA) is 119 Å². The van der Waals surface area contributed by atoms with E-state index in [2.05, 4.69) is 6.58 Å². The summed E-state index contributed by atoms with van der Waals surface area (Å²) in [5.74, 6) is -2.55. The van der Waals surface area contributed by atoms with Gasteiger partial charge in [0.25, 0.3) is 0 Å². The van der Waals surface area contributed by atoms with E-state index in [1.165, 1.54) is 13.8 Å². The lowest BCUT2D eigenvalue weighted by Gasteiger charge is -2.37. The third-order valence-electron chi connectivity index (χ3n) is 6.10. The summed E-state index contributed by atoms with van der Waals surface area (Å²) >= 11 is 0. The predicted molar refractivity (Wildman–Crippen MR) is 116 cm³/mol. The Balaban J connectivity index is 2.50. The molecule has 1 saturated heterocycles. The van der Waals surface area contributed by atoms with Crippen molar-refractivity contribution in [2.45, 2.75) is 83.7 Å². The zero-order chi connectivity index (χ0) is 24.1. The highest BCUT2D eigenvalue weighted by Gasteiger charge is 2.49. The van der Waals surface area contributed by atoms with Crippen molar-refractivity contribution in [3.05, 3.63) is 35.5 Å². The molecule has 1 aliphatic carbocycles. The second-order valence-corrected chi connectivity index (χ2v) is 8.74. The third-order valence-corrected chi connectivity index (χ3v) is 6.10. The zero-order valence-electron chi connectivity index (χ0n) is 19.3. The van der Waals surface area contributed by atoms with Crippen LogP contribution in [0.25, 0.3) is 0 Å². The number of ether oxygens (including phenoxy) is 3. The minimum atomic E-state index is -1.70. The number of hydrogen-bond donors (Lipinski definition) is 2. The minimum absolute atomic E-state index is 0.0282. The van der Waals surface area contributed by atoms with Crippen LogP contribution < -0.4 is 0 Å². The van der Waals surface area contributed by atoms with E-state index in [4.69, 9.17) is 14.2 Å². The number of rotatable bonds is 3. The van der Waals surface area contributed by atoms with E-state index in [0.29, 0.717) is 18.4 Å². The summed E-state index contributed by atoms with van der Waals surface area (Å²) in [6.07, 6.45) is 2.83. The lowest BCUT2D eigenvalue weighted by molar-refractivity contribution is -0.180. The molecule has 8 heteroatoms. The van der Waals surface area contributed by atoms with E-state index in [9.17, 15) is 24.6 Å². The highest BCUT2D eigenvalue weighted by Crippen LogP contribution is 2.38. The molecule has 0 aromatic carbocycles. The average molecular weight is 451 g/mol. The number of esters is 3. The SMILES string of the molecule is C=C1C(=O)OC2C(O)C(C)=CCCC(C)=CCCC(O)(COC(C)=O)C(OC(C)=O)CC12. The molecule has 5 unspecified atom stereocenters. The van der Waals surface area contributed by atoms with Gasteiger partial charge in [-0.3, -0.25) is 9.59 Å². The molecule has 0 aromatic heterocycles. The van der Waals surface area contributed by atoms with Gasteiger partial charge in [-0.1, -0.05) is 24.3 Å². The van der Waals surface area contributed by atoms with Crippen LogP contribution in [0.2, 0.25) is 0 Å². The molecule has 2 N–H and O–H groups in total. The molecule has 2 rings (SSSR count). The van der Waals surface area contributed by atoms with Crippen molar-refractivity contribution in [1.29, 1.82) is 0 Å². The Morgan fingerprint density at radius 1 is 1.22 bits per heavy atom. The second-order valence-electron chi connectivity index (χ2n) is 8.74. The number of aliphatic hydroxyl groups is 2. The van der Waals surface area contributed by atoms with Crippen molar-refractivity contribution in [3.63, 3.8) is 0 Å². The number of carbonyl (C=O) groups is 3. The first-order valence-corrected chi connectivity index (χ1v) is 10.9. The number of carbonyl (C=O) groups excluding carboxylic acids is 3. The Hall–Kier alpha value is -2.45. The van der Waals surface area contributed by atoms with Crippen LogP contribution in [0.1, 0.15) is 59.8 Å². The summed E-state index contributed by atoms with van der Waals surface area (Å²) in [4.78, 5) is 35.6. The minimum Gasteiger partial charge on any atom is -0.463 e. The number of aliphatic hydroxyl groups excluding tert-OH is 1. The van der Waals surface area contributed by atoms with Crippen LogP contribution in [-0.4, -0.2) is 58.6 Å². The molecule has 0 saturated carbocycles. The van der Waals surface area contributed by atoms with Gasteiger partial charge in [0.15, 0.2) is 0 Å². The van der Waals surface area contributed by atoms with Crippen molar-refractivity contribution in [1.82, 2.24) is 0 Å². The second kappa shape index (κ2) is 10.9. The Morgan fingerprint density at radius 2 is 1.91 bits per heavy atom. The standard InChI is InChI=1S/C24H34O8/c1-14-8-6-10-15(2)21(27)22-19(16(3)23(28)32-22)12-20(31-18(5)26)24(29,11-7-9-14)13-30-17(4)25/h9-10,19-22,27,29H,3,6-8,11-13H2,1-2,4-5H3. The lowest BCUT2D eigenvalue weighted by atomic mass is 9.80. The van der Waals surface area contributed by atoms with Gasteiger partial charge in [-0.2, -0.15) is 0 Å². The van der Waals surface area contributed by atoms with Gasteiger partial charge in [-0.05, 0) is 51.5 Å². The average Bonchev–Trinajstić information content (AvgIpc) is 2.98. The molecular formula is C24H34O8. The largest absolute Gasteiger partial charge is 0.463 e. The molecule has 1 aliphatic heterocycles. The molecule has 0 aromatic rings. The molecule has 1 fully saturated rings. The monoisotopic (exact) mass is 450 g/mol. The molecular weight excluding hydrogens is 416 g/mol. The molecule has 0 bridgehead atoms. The summed E-state index contributed by atoms with van der Waals surface area (Å²) in [5.41, 5.74) is 0.186. The summed E-state index contributed by atoms with van der Waals surface area (Å²) in [6.45, 7) is 9.60. The molecule has 8 nitrogen and oxygen atoms in total. The van der Waals surface area contributed by atoms with E-state index < -0.39 is 47.7 Å². The smallest absolute Gasteiger partial charge is 0.334 e. The Labute approximate surface area is 188 Å². The molecule has 5 atom stereocenters. The molecule has 0 radical (unpaired) electrons. The van der Waals surface area contributed by atoms with E-state index in [-0.39, 0.29) is 25.0 Å². The fraction of sp³-hybridized carbons (Fsp3) is 0.625. The van der Waals surface area contributed by atoms with Crippen LogP contribution in [0.5, 0.6) is 0 Å². The van der Waals surface area contributed by atoms with Crippen LogP contribution in [-0.2, 0) is 28.6 Å². The Bertz CT molecular complexity index is 811. The van der Waals surface area contributed by atoms with Gasteiger partial charge in [0.1, 0.15) is 30.5 Å². The quantitative estimate of drug-likeness (QED) is 0.291. The van der Waals surface area contributed by atoms with Crippen molar-refractivity contribution < 1.29 is 38.8 Å². The highest BCUT2D eigenvalue weighted by atomic mass is 16.6. The van der Waals surface area contributed by atoms with Crippen molar-refractivity contribution >= 4 is 17.9 Å². The first-order chi connectivity index (χ1) is 14.9. The fourth-order valence-corrected chi connectivity index (χ4v) is 4.13. The van der Waals surface area contributed by atoms with Crippen molar-refractivity contribution in [3.8, 4) is 0 Å². The molecule has 0 amide bonds. The number of fused-ring (bicyclic) bond motifs is 1. The Kier molecular flexibility index (Phi) is 8.81. The number of allylic oxidation sites excluding steroid dienone is 3. The highest BCUT2D eigenvalue weighted by molar-refractivity contribution is 5.91. The van der Waals surface area contributed by atoms with Gasteiger partial charge < -0.3 is 24.4 Å². The molecule has 2 aliphatic rings. The van der Waals surface area contributed by atoms with Gasteiger partial charge in [-0.25, -0.2) is 4.79 Å². The maximum Gasteiger partial charge on any atom is 0.334 e. The van der Waals surface area contributed by atoms with Crippen molar-refractivity contribution in [2.24, 2.45) is 5.92 Å². The van der Waals surface area contributed by atoms with Gasteiger partial charge in [0, 0.05) is 25.3 Å². The zero-order valence-corrected chi connectivity index (χ0v) is 19.3. The van der Waals surface area contributed by atoms with Gasteiger partial charge in [0.2, 0.25) is 0 Å². The predicted octanol–water partition coefficient (Wildman–Crippen LogP) is 2.53. The van der Waals surface area contributed by atoms with Crippen LogP contribution in [0.15, 0.2) is 35.5 Å². The first-order valence-electron chi connectivity index (χ1n) is 10.9. The van der Waals surface area contributed by atoms with E-state index in [1.54, 1.807) is 6.92 Å². The van der Waals surface area contributed by atoms with E-state index in [0.717, 1.165) is 12.0 Å². The lowest BCUT2D eigenvalue weighted by Crippen LogP contribution is -2.50. The van der Waals surface area contributed by atoms with Crippen LogP contribution >= 0.6 is 0 Å². The fourth-order valence-electron chi connectivity index (χ4n) is 4.13. The van der Waals surface area contributed by atoms with E-state index >= 15 is 0 Å². The van der Waals surface area contributed by atoms with Gasteiger partial charge in [-0.15, -0.1) is 0 Å². The molecule has 32 heavy (non-hydrogen) atoms.